The normalized spacial score (nSPS) is 29.1. The van der Waals surface area contributed by atoms with Crippen LogP contribution < -0.4 is 5.32 Å². The van der Waals surface area contributed by atoms with E-state index in [0.717, 1.165) is 16.3 Å². The molecule has 0 spiro atoms. The second-order valence-electron chi connectivity index (χ2n) is 5.14. The number of nitrogens with one attached hydrogen (secondary N) is 1. The fraction of sp³-hybridized carbons (Fsp3) is 0.571. The average Bonchev–Trinajstić information content (AvgIpc) is 2.30. The predicted octanol–water partition coefficient (Wildman–Crippen LogP) is 5.29. The van der Waals surface area contributed by atoms with Gasteiger partial charge in [0.25, 0.3) is 0 Å². The fourth-order valence-electron chi connectivity index (χ4n) is 2.59. The van der Waals surface area contributed by atoms with Crippen molar-refractivity contribution < 1.29 is 0 Å². The Morgan fingerprint density at radius 2 is 2.06 bits per heavy atom. The van der Waals surface area contributed by atoms with E-state index < -0.39 is 0 Å². The van der Waals surface area contributed by atoms with E-state index in [0.29, 0.717) is 6.04 Å². The molecule has 0 radical (unpaired) electrons. The van der Waals surface area contributed by atoms with Gasteiger partial charge in [0.2, 0.25) is 0 Å². The topological polar surface area (TPSA) is 12.0 Å². The molecule has 3 heteroatoms. The molecule has 0 bridgehead atoms. The van der Waals surface area contributed by atoms with Gasteiger partial charge in [-0.2, -0.15) is 0 Å². The van der Waals surface area contributed by atoms with E-state index in [4.69, 9.17) is 0 Å². The van der Waals surface area contributed by atoms with Gasteiger partial charge in [0.15, 0.2) is 0 Å². The van der Waals surface area contributed by atoms with Crippen LogP contribution in [-0.4, -0.2) is 6.04 Å². The summed E-state index contributed by atoms with van der Waals surface area (Å²) in [6.07, 6.45) is 4.04. The van der Waals surface area contributed by atoms with Crippen LogP contribution in [0.25, 0.3) is 0 Å². The minimum Gasteiger partial charge on any atom is -0.381 e. The summed E-state index contributed by atoms with van der Waals surface area (Å²) < 4.78 is 2.45. The molecule has 0 saturated heterocycles. The summed E-state index contributed by atoms with van der Waals surface area (Å²) in [5.41, 5.74) is 1.27. The third-order valence-electron chi connectivity index (χ3n) is 3.98. The number of anilines is 1. The molecule has 1 fully saturated rings. The van der Waals surface area contributed by atoms with Crippen LogP contribution in [0.5, 0.6) is 0 Å². The molecule has 1 aromatic carbocycles. The monoisotopic (exact) mass is 407 g/mol. The Bertz CT molecular complexity index is 394. The standard InChI is InChI=1S/C14H19BrIN/c1-9-4-3-5-13(10(9)2)17-14-8-11(15)6-7-12(14)16/h6-10,13,17H,3-5H2,1-2H3. The molecular weight excluding hydrogens is 389 g/mol. The van der Waals surface area contributed by atoms with Crippen LogP contribution in [-0.2, 0) is 0 Å². The van der Waals surface area contributed by atoms with E-state index in [1.807, 2.05) is 0 Å². The maximum absolute atomic E-state index is 3.73. The molecular formula is C14H19BrIN. The van der Waals surface area contributed by atoms with Gasteiger partial charge in [-0.1, -0.05) is 42.6 Å². The van der Waals surface area contributed by atoms with Crippen LogP contribution in [0.4, 0.5) is 5.69 Å². The number of hydrogen-bond acceptors (Lipinski definition) is 1. The minimum absolute atomic E-state index is 0.626. The van der Waals surface area contributed by atoms with Crippen LogP contribution in [0, 0.1) is 15.4 Å². The van der Waals surface area contributed by atoms with E-state index in [2.05, 4.69) is 75.9 Å². The Balaban J connectivity index is 2.11. The van der Waals surface area contributed by atoms with E-state index in [-0.39, 0.29) is 0 Å². The van der Waals surface area contributed by atoms with Gasteiger partial charge in [0.1, 0.15) is 0 Å². The molecule has 1 aliphatic rings. The molecule has 0 aromatic heterocycles. The molecule has 3 unspecified atom stereocenters. The van der Waals surface area contributed by atoms with Crippen molar-refractivity contribution in [2.24, 2.45) is 11.8 Å². The predicted molar refractivity (Wildman–Crippen MR) is 86.4 cm³/mol. The first-order valence-corrected chi connectivity index (χ1v) is 8.16. The Morgan fingerprint density at radius 3 is 2.82 bits per heavy atom. The van der Waals surface area contributed by atoms with Gasteiger partial charge >= 0.3 is 0 Å². The first kappa shape index (κ1) is 13.7. The molecule has 3 atom stereocenters. The second kappa shape index (κ2) is 5.91. The van der Waals surface area contributed by atoms with E-state index >= 15 is 0 Å². The lowest BCUT2D eigenvalue weighted by atomic mass is 9.78. The molecule has 17 heavy (non-hydrogen) atoms. The van der Waals surface area contributed by atoms with E-state index in [1.165, 1.54) is 28.5 Å². The molecule has 2 rings (SSSR count). The molecule has 0 amide bonds. The van der Waals surface area contributed by atoms with Gasteiger partial charge in [-0.25, -0.2) is 0 Å². The summed E-state index contributed by atoms with van der Waals surface area (Å²) in [7, 11) is 0. The molecule has 0 aliphatic heterocycles. The number of hydrogen-bond donors (Lipinski definition) is 1. The summed E-state index contributed by atoms with van der Waals surface area (Å²) >= 11 is 5.95. The number of halogens is 2. The lowest BCUT2D eigenvalue weighted by molar-refractivity contribution is 0.253. The quantitative estimate of drug-likeness (QED) is 0.656. The summed E-state index contributed by atoms with van der Waals surface area (Å²) in [6, 6.07) is 7.07. The zero-order chi connectivity index (χ0) is 12.4. The highest BCUT2D eigenvalue weighted by Gasteiger charge is 2.27. The Hall–Kier alpha value is 0.230. The Labute approximate surface area is 126 Å². The van der Waals surface area contributed by atoms with E-state index in [1.54, 1.807) is 0 Å². The van der Waals surface area contributed by atoms with Gasteiger partial charge < -0.3 is 5.32 Å². The lowest BCUT2D eigenvalue weighted by Crippen LogP contribution is -2.35. The molecule has 0 heterocycles. The summed E-state index contributed by atoms with van der Waals surface area (Å²) in [4.78, 5) is 0. The van der Waals surface area contributed by atoms with Crippen molar-refractivity contribution in [1.82, 2.24) is 0 Å². The number of benzene rings is 1. The average molecular weight is 408 g/mol. The first-order chi connectivity index (χ1) is 8.08. The van der Waals surface area contributed by atoms with Crippen molar-refractivity contribution in [2.45, 2.75) is 39.2 Å². The lowest BCUT2D eigenvalue weighted by Gasteiger charge is -2.35. The zero-order valence-electron chi connectivity index (χ0n) is 10.3. The molecule has 94 valence electrons. The highest BCUT2D eigenvalue weighted by atomic mass is 127. The fourth-order valence-corrected chi connectivity index (χ4v) is 3.45. The smallest absolute Gasteiger partial charge is 0.0489 e. The Kier molecular flexibility index (Phi) is 4.75. The van der Waals surface area contributed by atoms with Crippen molar-refractivity contribution in [3.8, 4) is 0 Å². The summed E-state index contributed by atoms with van der Waals surface area (Å²) in [5.74, 6) is 1.60. The summed E-state index contributed by atoms with van der Waals surface area (Å²) in [6.45, 7) is 4.76. The van der Waals surface area contributed by atoms with Gasteiger partial charge in [0.05, 0.1) is 0 Å². The van der Waals surface area contributed by atoms with Crippen molar-refractivity contribution in [2.75, 3.05) is 5.32 Å². The van der Waals surface area contributed by atoms with Crippen LogP contribution >= 0.6 is 38.5 Å². The molecule has 1 aromatic rings. The van der Waals surface area contributed by atoms with Crippen LogP contribution in [0.15, 0.2) is 22.7 Å². The Morgan fingerprint density at radius 1 is 1.29 bits per heavy atom. The second-order valence-corrected chi connectivity index (χ2v) is 7.22. The van der Waals surface area contributed by atoms with E-state index in [9.17, 15) is 0 Å². The largest absolute Gasteiger partial charge is 0.381 e. The highest BCUT2D eigenvalue weighted by Crippen LogP contribution is 2.33. The van der Waals surface area contributed by atoms with Crippen LogP contribution in [0.3, 0.4) is 0 Å². The van der Waals surface area contributed by atoms with Gasteiger partial charge in [0, 0.05) is 19.8 Å². The van der Waals surface area contributed by atoms with Gasteiger partial charge in [-0.15, -0.1) is 0 Å². The third-order valence-corrected chi connectivity index (χ3v) is 5.41. The minimum atomic E-state index is 0.626. The molecule has 1 aliphatic carbocycles. The van der Waals surface area contributed by atoms with Gasteiger partial charge in [-0.05, 0) is 59.0 Å². The number of rotatable bonds is 2. The van der Waals surface area contributed by atoms with Crippen molar-refractivity contribution >= 4 is 44.2 Å². The van der Waals surface area contributed by atoms with Gasteiger partial charge in [-0.3, -0.25) is 0 Å². The van der Waals surface area contributed by atoms with Crippen molar-refractivity contribution in [3.63, 3.8) is 0 Å². The molecule has 1 N–H and O–H groups in total. The summed E-state index contributed by atoms with van der Waals surface area (Å²) in [5, 5.41) is 3.73. The highest BCUT2D eigenvalue weighted by molar-refractivity contribution is 14.1. The molecule has 1 saturated carbocycles. The van der Waals surface area contributed by atoms with Crippen LogP contribution in [0.2, 0.25) is 0 Å². The maximum atomic E-state index is 3.73. The first-order valence-electron chi connectivity index (χ1n) is 6.29. The zero-order valence-corrected chi connectivity index (χ0v) is 14.1. The third kappa shape index (κ3) is 3.37. The molecule has 1 nitrogen and oxygen atoms in total. The van der Waals surface area contributed by atoms with Crippen LogP contribution in [0.1, 0.15) is 33.1 Å². The SMILES string of the molecule is CC1CCCC(Nc2cc(Br)ccc2I)C1C. The van der Waals surface area contributed by atoms with Crippen molar-refractivity contribution in [3.05, 3.63) is 26.2 Å². The van der Waals surface area contributed by atoms with Crippen molar-refractivity contribution in [1.29, 1.82) is 0 Å². The maximum Gasteiger partial charge on any atom is 0.0489 e.